The first-order chi connectivity index (χ1) is 12.5. The summed E-state index contributed by atoms with van der Waals surface area (Å²) in [6, 6.07) is 7.71. The van der Waals surface area contributed by atoms with Gasteiger partial charge >= 0.3 is 0 Å². The number of ether oxygens (including phenoxy) is 3. The van der Waals surface area contributed by atoms with E-state index in [-0.39, 0.29) is 18.4 Å². The van der Waals surface area contributed by atoms with E-state index in [1.54, 1.807) is 18.9 Å². The molecule has 1 atom stereocenters. The van der Waals surface area contributed by atoms with Crippen LogP contribution in [0.5, 0.6) is 5.75 Å². The molecule has 7 nitrogen and oxygen atoms in total. The Morgan fingerprint density at radius 2 is 1.96 bits per heavy atom. The second-order valence-electron chi connectivity index (χ2n) is 6.50. The van der Waals surface area contributed by atoms with E-state index < -0.39 is 11.8 Å². The smallest absolute Gasteiger partial charge is 0.245 e. The third-order valence-corrected chi connectivity index (χ3v) is 4.94. The standard InChI is InChI=1S/C19H28N2O5/c1-19(11-9-16(22)21(19)13-17(25-3)26-4)18(23)20-12-10-14-7-5-6-8-15(14)24-2/h5-8,17H,9-13H2,1-4H3,(H,20,23). The number of carbonyl (C=O) groups excluding carboxylic acids is 2. The summed E-state index contributed by atoms with van der Waals surface area (Å²) in [5.74, 6) is 0.573. The molecular formula is C19H28N2O5. The van der Waals surface area contributed by atoms with Gasteiger partial charge in [0.05, 0.1) is 13.7 Å². The largest absolute Gasteiger partial charge is 0.496 e. The fourth-order valence-corrected chi connectivity index (χ4v) is 3.24. The summed E-state index contributed by atoms with van der Waals surface area (Å²) in [5, 5.41) is 2.95. The van der Waals surface area contributed by atoms with Crippen molar-refractivity contribution in [3.05, 3.63) is 29.8 Å². The predicted octanol–water partition coefficient (Wildman–Crippen LogP) is 1.35. The maximum absolute atomic E-state index is 12.8. The zero-order valence-electron chi connectivity index (χ0n) is 15.9. The second kappa shape index (κ2) is 9.00. The Balaban J connectivity index is 1.99. The van der Waals surface area contributed by atoms with E-state index in [1.165, 1.54) is 14.2 Å². The lowest BCUT2D eigenvalue weighted by atomic mass is 9.97. The first-order valence-electron chi connectivity index (χ1n) is 8.72. The molecule has 1 unspecified atom stereocenters. The number of nitrogens with zero attached hydrogens (tertiary/aromatic N) is 1. The van der Waals surface area contributed by atoms with E-state index in [1.807, 2.05) is 24.3 Å². The first kappa shape index (κ1) is 20.2. The number of carbonyl (C=O) groups is 2. The van der Waals surface area contributed by atoms with Gasteiger partial charge in [0.15, 0.2) is 6.29 Å². The van der Waals surface area contributed by atoms with E-state index in [0.717, 1.165) is 11.3 Å². The van der Waals surface area contributed by atoms with E-state index in [2.05, 4.69) is 5.32 Å². The summed E-state index contributed by atoms with van der Waals surface area (Å²) in [5.41, 5.74) is 0.131. The molecule has 0 spiro atoms. The van der Waals surface area contributed by atoms with Crippen LogP contribution in [0.25, 0.3) is 0 Å². The Morgan fingerprint density at radius 1 is 1.27 bits per heavy atom. The number of para-hydroxylation sites is 1. The number of hydrogen-bond donors (Lipinski definition) is 1. The topological polar surface area (TPSA) is 77.1 Å². The fraction of sp³-hybridized carbons (Fsp3) is 0.579. The molecule has 1 saturated heterocycles. The highest BCUT2D eigenvalue weighted by Crippen LogP contribution is 2.30. The third-order valence-electron chi connectivity index (χ3n) is 4.94. The zero-order chi connectivity index (χ0) is 19.2. The highest BCUT2D eigenvalue weighted by Gasteiger charge is 2.47. The van der Waals surface area contributed by atoms with Crippen molar-refractivity contribution in [1.29, 1.82) is 0 Å². The molecule has 0 bridgehead atoms. The molecular weight excluding hydrogens is 336 g/mol. The van der Waals surface area contributed by atoms with E-state index in [0.29, 0.717) is 25.8 Å². The lowest BCUT2D eigenvalue weighted by Crippen LogP contribution is -2.56. The Kier molecular flexibility index (Phi) is 6.99. The maximum Gasteiger partial charge on any atom is 0.245 e. The van der Waals surface area contributed by atoms with Crippen molar-refractivity contribution in [2.45, 2.75) is 38.0 Å². The van der Waals surface area contributed by atoms with Crippen LogP contribution in [0.15, 0.2) is 24.3 Å². The van der Waals surface area contributed by atoms with Crippen LogP contribution in [0.4, 0.5) is 0 Å². The van der Waals surface area contributed by atoms with Gasteiger partial charge in [0.2, 0.25) is 11.8 Å². The Hall–Kier alpha value is -2.12. The highest BCUT2D eigenvalue weighted by atomic mass is 16.7. The minimum Gasteiger partial charge on any atom is -0.496 e. The van der Waals surface area contributed by atoms with Crippen molar-refractivity contribution in [3.8, 4) is 5.75 Å². The average Bonchev–Trinajstić information content (AvgIpc) is 2.95. The summed E-state index contributed by atoms with van der Waals surface area (Å²) in [6.07, 6.45) is 0.916. The van der Waals surface area contributed by atoms with E-state index in [4.69, 9.17) is 14.2 Å². The maximum atomic E-state index is 12.8. The highest BCUT2D eigenvalue weighted by molar-refractivity contribution is 5.94. The van der Waals surface area contributed by atoms with Gasteiger partial charge in [-0.15, -0.1) is 0 Å². The molecule has 7 heteroatoms. The Labute approximate surface area is 154 Å². The van der Waals surface area contributed by atoms with Gasteiger partial charge < -0.3 is 24.4 Å². The SMILES string of the molecule is COc1ccccc1CCNC(=O)C1(C)CCC(=O)N1CC(OC)OC. The Morgan fingerprint density at radius 3 is 2.62 bits per heavy atom. The van der Waals surface area contributed by atoms with Gasteiger partial charge in [-0.1, -0.05) is 18.2 Å². The molecule has 0 radical (unpaired) electrons. The van der Waals surface area contributed by atoms with Gasteiger partial charge in [-0.25, -0.2) is 0 Å². The van der Waals surface area contributed by atoms with Crippen LogP contribution in [0, 0.1) is 0 Å². The van der Waals surface area contributed by atoms with Crippen molar-refractivity contribution < 1.29 is 23.8 Å². The third kappa shape index (κ3) is 4.34. The van der Waals surface area contributed by atoms with Gasteiger partial charge in [-0.05, 0) is 31.4 Å². The minimum absolute atomic E-state index is 0.0634. The van der Waals surface area contributed by atoms with E-state index >= 15 is 0 Å². The average molecular weight is 364 g/mol. The summed E-state index contributed by atoms with van der Waals surface area (Å²) in [6.45, 7) is 2.48. The van der Waals surface area contributed by atoms with Crippen molar-refractivity contribution in [2.75, 3.05) is 34.4 Å². The van der Waals surface area contributed by atoms with Crippen LogP contribution in [-0.2, 0) is 25.5 Å². The van der Waals surface area contributed by atoms with Gasteiger partial charge in [0.25, 0.3) is 0 Å². The molecule has 0 aliphatic carbocycles. The number of amides is 2. The second-order valence-corrected chi connectivity index (χ2v) is 6.50. The normalized spacial score (nSPS) is 19.9. The molecule has 1 fully saturated rings. The minimum atomic E-state index is -0.896. The zero-order valence-corrected chi connectivity index (χ0v) is 15.9. The quantitative estimate of drug-likeness (QED) is 0.670. The molecule has 1 aliphatic heterocycles. The van der Waals surface area contributed by atoms with Crippen molar-refractivity contribution >= 4 is 11.8 Å². The van der Waals surface area contributed by atoms with Crippen LogP contribution >= 0.6 is 0 Å². The van der Waals surface area contributed by atoms with Gasteiger partial charge in [0, 0.05) is 27.2 Å². The lowest BCUT2D eigenvalue weighted by Gasteiger charge is -2.35. The van der Waals surface area contributed by atoms with Gasteiger partial charge in [-0.2, -0.15) is 0 Å². The monoisotopic (exact) mass is 364 g/mol. The van der Waals surface area contributed by atoms with Crippen LogP contribution in [0.2, 0.25) is 0 Å². The number of nitrogens with one attached hydrogen (secondary N) is 1. The molecule has 1 heterocycles. The number of likely N-dealkylation sites (tertiary alicyclic amines) is 1. The number of rotatable bonds is 9. The number of hydrogen-bond acceptors (Lipinski definition) is 5. The summed E-state index contributed by atoms with van der Waals surface area (Å²) < 4.78 is 15.7. The van der Waals surface area contributed by atoms with Crippen molar-refractivity contribution in [3.63, 3.8) is 0 Å². The lowest BCUT2D eigenvalue weighted by molar-refractivity contribution is -0.154. The van der Waals surface area contributed by atoms with Gasteiger partial charge in [-0.3, -0.25) is 9.59 Å². The summed E-state index contributed by atoms with van der Waals surface area (Å²) in [4.78, 5) is 26.6. The van der Waals surface area contributed by atoms with Crippen LogP contribution < -0.4 is 10.1 Å². The van der Waals surface area contributed by atoms with Crippen LogP contribution in [-0.4, -0.2) is 63.0 Å². The van der Waals surface area contributed by atoms with Crippen molar-refractivity contribution in [1.82, 2.24) is 10.2 Å². The molecule has 26 heavy (non-hydrogen) atoms. The van der Waals surface area contributed by atoms with E-state index in [9.17, 15) is 9.59 Å². The predicted molar refractivity (Wildman–Crippen MR) is 96.9 cm³/mol. The van der Waals surface area contributed by atoms with Crippen LogP contribution in [0.1, 0.15) is 25.3 Å². The summed E-state index contributed by atoms with van der Waals surface area (Å²) in [7, 11) is 4.65. The molecule has 2 rings (SSSR count). The molecule has 0 saturated carbocycles. The molecule has 2 amide bonds. The number of methoxy groups -OCH3 is 3. The molecule has 1 aliphatic rings. The molecule has 1 aromatic rings. The Bertz CT molecular complexity index is 632. The molecule has 0 aromatic heterocycles. The van der Waals surface area contributed by atoms with Gasteiger partial charge in [0.1, 0.15) is 11.3 Å². The molecule has 1 N–H and O–H groups in total. The molecule has 144 valence electrons. The molecule has 1 aromatic carbocycles. The van der Waals surface area contributed by atoms with Crippen LogP contribution in [0.3, 0.4) is 0 Å². The number of benzene rings is 1. The van der Waals surface area contributed by atoms with Crippen molar-refractivity contribution in [2.24, 2.45) is 0 Å². The fourth-order valence-electron chi connectivity index (χ4n) is 3.24. The first-order valence-corrected chi connectivity index (χ1v) is 8.72. The summed E-state index contributed by atoms with van der Waals surface area (Å²) >= 11 is 0.